The van der Waals surface area contributed by atoms with Crippen LogP contribution in [0.25, 0.3) is 11.0 Å². The van der Waals surface area contributed by atoms with Gasteiger partial charge in [-0.1, -0.05) is 0 Å². The highest BCUT2D eigenvalue weighted by atomic mass is 35.5. The van der Waals surface area contributed by atoms with Crippen LogP contribution in [0.4, 0.5) is 0 Å². The van der Waals surface area contributed by atoms with Crippen LogP contribution in [0.3, 0.4) is 0 Å². The number of fused-ring (bicyclic) bond motifs is 1. The molecule has 31 heavy (non-hydrogen) atoms. The monoisotopic (exact) mass is 467 g/mol. The number of hydrogen-bond donors (Lipinski definition) is 2. The van der Waals surface area contributed by atoms with E-state index in [2.05, 4.69) is 20.7 Å². The molecule has 1 aromatic carbocycles. The number of nitrogens with one attached hydrogen (secondary N) is 2. The maximum atomic E-state index is 12.6. The van der Waals surface area contributed by atoms with Crippen molar-refractivity contribution in [2.75, 3.05) is 27.3 Å². The van der Waals surface area contributed by atoms with Gasteiger partial charge in [0.05, 0.1) is 32.5 Å². The zero-order valence-corrected chi connectivity index (χ0v) is 19.1. The van der Waals surface area contributed by atoms with Crippen molar-refractivity contribution in [3.63, 3.8) is 0 Å². The van der Waals surface area contributed by atoms with Gasteiger partial charge in [0.2, 0.25) is 0 Å². The molecule has 8 nitrogen and oxygen atoms in total. The number of amides is 1. The molecule has 0 aliphatic carbocycles. The lowest BCUT2D eigenvalue weighted by Gasteiger charge is -2.23. The van der Waals surface area contributed by atoms with E-state index in [0.29, 0.717) is 12.1 Å². The predicted molar refractivity (Wildman–Crippen MR) is 124 cm³/mol. The molecular weight excluding hydrogens is 441 g/mol. The fraction of sp³-hybridized carbons (Fsp3) is 0.381. The third kappa shape index (κ3) is 5.58. The maximum Gasteiger partial charge on any atom is 0.253 e. The molecule has 1 saturated heterocycles. The van der Waals surface area contributed by atoms with E-state index in [1.807, 2.05) is 24.3 Å². The summed E-state index contributed by atoms with van der Waals surface area (Å²) in [5.41, 5.74) is 2.23. The van der Waals surface area contributed by atoms with Crippen LogP contribution >= 0.6 is 24.8 Å². The van der Waals surface area contributed by atoms with Gasteiger partial charge in [-0.2, -0.15) is 5.10 Å². The molecule has 3 heterocycles. The van der Waals surface area contributed by atoms with Crippen LogP contribution in [0.5, 0.6) is 11.5 Å². The summed E-state index contributed by atoms with van der Waals surface area (Å²) < 4.78 is 12.5. The highest BCUT2D eigenvalue weighted by molar-refractivity contribution is 5.97. The van der Waals surface area contributed by atoms with E-state index in [4.69, 9.17) is 9.47 Å². The van der Waals surface area contributed by atoms with Crippen LogP contribution in [0.15, 0.2) is 36.7 Å². The van der Waals surface area contributed by atoms with Crippen molar-refractivity contribution in [1.29, 1.82) is 0 Å². The van der Waals surface area contributed by atoms with E-state index >= 15 is 0 Å². The Bertz CT molecular complexity index is 1020. The molecule has 1 aliphatic heterocycles. The van der Waals surface area contributed by atoms with Gasteiger partial charge in [0.25, 0.3) is 5.91 Å². The molecule has 4 rings (SSSR count). The molecule has 1 aliphatic rings. The first-order valence-electron chi connectivity index (χ1n) is 9.72. The second-order valence-corrected chi connectivity index (χ2v) is 7.13. The number of halogens is 2. The van der Waals surface area contributed by atoms with Crippen LogP contribution in [-0.4, -0.2) is 54.0 Å². The van der Waals surface area contributed by atoms with Gasteiger partial charge in [0.15, 0.2) is 5.65 Å². The Morgan fingerprint density at radius 3 is 2.77 bits per heavy atom. The molecule has 10 heteroatoms. The molecule has 0 radical (unpaired) electrons. The number of hydrogen-bond acceptors (Lipinski definition) is 6. The lowest BCUT2D eigenvalue weighted by molar-refractivity contribution is 0.0930. The highest BCUT2D eigenvalue weighted by Crippen LogP contribution is 2.26. The molecule has 1 unspecified atom stereocenters. The molecule has 2 aromatic heterocycles. The number of carbonyl (C=O) groups excluding carboxylic acids is 1. The van der Waals surface area contributed by atoms with Gasteiger partial charge in [-0.05, 0) is 37.6 Å². The zero-order chi connectivity index (χ0) is 20.2. The summed E-state index contributed by atoms with van der Waals surface area (Å²) in [5.74, 6) is 1.36. The number of methoxy groups -OCH3 is 2. The minimum atomic E-state index is -0.0994. The van der Waals surface area contributed by atoms with Crippen LogP contribution in [0.1, 0.15) is 28.8 Å². The number of benzene rings is 1. The summed E-state index contributed by atoms with van der Waals surface area (Å²) >= 11 is 0. The Labute approximate surface area is 193 Å². The molecule has 168 valence electrons. The Kier molecular flexibility index (Phi) is 8.91. The van der Waals surface area contributed by atoms with Crippen molar-refractivity contribution in [3.8, 4) is 11.5 Å². The fourth-order valence-corrected chi connectivity index (χ4v) is 3.60. The second kappa shape index (κ2) is 11.2. The van der Waals surface area contributed by atoms with E-state index in [-0.39, 0.29) is 36.8 Å². The summed E-state index contributed by atoms with van der Waals surface area (Å²) in [4.78, 5) is 17.1. The predicted octanol–water partition coefficient (Wildman–Crippen LogP) is 2.82. The molecule has 0 spiro atoms. The number of aromatic nitrogens is 3. The molecule has 2 N–H and O–H groups in total. The summed E-state index contributed by atoms with van der Waals surface area (Å²) in [5, 5.41) is 11.7. The molecular formula is C21H27Cl2N5O3. The van der Waals surface area contributed by atoms with Gasteiger partial charge >= 0.3 is 0 Å². The first-order valence-corrected chi connectivity index (χ1v) is 9.72. The summed E-state index contributed by atoms with van der Waals surface area (Å²) in [6.07, 6.45) is 5.41. The van der Waals surface area contributed by atoms with Crippen LogP contribution < -0.4 is 20.1 Å². The van der Waals surface area contributed by atoms with Crippen LogP contribution in [0, 0.1) is 0 Å². The average molecular weight is 468 g/mol. The van der Waals surface area contributed by atoms with Crippen molar-refractivity contribution in [2.45, 2.75) is 25.4 Å². The van der Waals surface area contributed by atoms with Gasteiger partial charge in [-0.15, -0.1) is 24.8 Å². The van der Waals surface area contributed by atoms with Gasteiger partial charge in [0, 0.05) is 35.8 Å². The average Bonchev–Trinajstić information content (AvgIpc) is 3.16. The Hall–Kier alpha value is -2.55. The van der Waals surface area contributed by atoms with Crippen LogP contribution in [0.2, 0.25) is 0 Å². The number of pyridine rings is 1. The smallest absolute Gasteiger partial charge is 0.253 e. The second-order valence-electron chi connectivity index (χ2n) is 7.13. The van der Waals surface area contributed by atoms with Gasteiger partial charge < -0.3 is 20.1 Å². The van der Waals surface area contributed by atoms with Gasteiger partial charge in [0.1, 0.15) is 11.5 Å². The lowest BCUT2D eigenvalue weighted by Crippen LogP contribution is -2.45. The Balaban J connectivity index is 0.00000171. The first-order chi connectivity index (χ1) is 14.2. The Morgan fingerprint density at radius 1 is 1.23 bits per heavy atom. The van der Waals surface area contributed by atoms with Gasteiger partial charge in [-0.25, -0.2) is 9.67 Å². The topological polar surface area (TPSA) is 90.3 Å². The lowest BCUT2D eigenvalue weighted by atomic mass is 10.1. The minimum Gasteiger partial charge on any atom is -0.497 e. The fourth-order valence-electron chi connectivity index (χ4n) is 3.60. The normalized spacial score (nSPS) is 15.5. The largest absolute Gasteiger partial charge is 0.497 e. The van der Waals surface area contributed by atoms with Crippen molar-refractivity contribution < 1.29 is 14.3 Å². The van der Waals surface area contributed by atoms with E-state index in [1.54, 1.807) is 31.3 Å². The molecule has 3 aromatic rings. The summed E-state index contributed by atoms with van der Waals surface area (Å²) in [6, 6.07) is 7.68. The van der Waals surface area contributed by atoms with Crippen molar-refractivity contribution in [1.82, 2.24) is 25.4 Å². The van der Waals surface area contributed by atoms with E-state index in [9.17, 15) is 4.79 Å². The zero-order valence-electron chi connectivity index (χ0n) is 17.5. The van der Waals surface area contributed by atoms with E-state index in [1.165, 1.54) is 0 Å². The van der Waals surface area contributed by atoms with Gasteiger partial charge in [-0.3, -0.25) is 4.79 Å². The number of rotatable bonds is 6. The highest BCUT2D eigenvalue weighted by Gasteiger charge is 2.17. The number of nitrogens with zero attached hydrogens (tertiary/aromatic N) is 3. The molecule has 1 amide bonds. The van der Waals surface area contributed by atoms with Crippen molar-refractivity contribution in [3.05, 3.63) is 47.8 Å². The third-order valence-electron chi connectivity index (χ3n) is 5.18. The van der Waals surface area contributed by atoms with Crippen molar-refractivity contribution >= 4 is 41.8 Å². The molecule has 0 bridgehead atoms. The molecule has 0 saturated carbocycles. The standard InChI is InChI=1S/C21H25N5O3.2ClH/c1-28-18-6-5-14(19(9-18)29-2)13-26-20-15(11-24-26)8-16(10-23-20)21(27)25-17-4-3-7-22-12-17;;/h5-6,8-11,17,22H,3-4,7,12-13H2,1-2H3,(H,25,27);2*1H. The van der Waals surface area contributed by atoms with Crippen molar-refractivity contribution in [2.24, 2.45) is 0 Å². The van der Waals surface area contributed by atoms with E-state index in [0.717, 1.165) is 54.0 Å². The van der Waals surface area contributed by atoms with E-state index < -0.39 is 0 Å². The summed E-state index contributed by atoms with van der Waals surface area (Å²) in [7, 11) is 3.25. The number of carbonyl (C=O) groups is 1. The first kappa shape index (κ1) is 24.7. The molecule has 1 atom stereocenters. The molecule has 1 fully saturated rings. The maximum absolute atomic E-state index is 12.6. The number of ether oxygens (including phenoxy) is 2. The third-order valence-corrected chi connectivity index (χ3v) is 5.18. The quantitative estimate of drug-likeness (QED) is 0.579. The SMILES string of the molecule is COc1ccc(Cn2ncc3cc(C(=O)NC4CCCNC4)cnc32)c(OC)c1.Cl.Cl. The minimum absolute atomic E-state index is 0. The number of piperidine rings is 1. The van der Waals surface area contributed by atoms with Crippen LogP contribution in [-0.2, 0) is 6.54 Å². The Morgan fingerprint density at radius 2 is 2.06 bits per heavy atom. The summed E-state index contributed by atoms with van der Waals surface area (Å²) in [6.45, 7) is 2.32.